The summed E-state index contributed by atoms with van der Waals surface area (Å²) in [7, 11) is 2.00. The first-order valence-electron chi connectivity index (χ1n) is 5.29. The average Bonchev–Trinajstić information content (AvgIpc) is 2.55. The fourth-order valence-electron chi connectivity index (χ4n) is 2.13. The largest absolute Gasteiger partial charge is 0.488 e. The van der Waals surface area contributed by atoms with Crippen LogP contribution in [0.1, 0.15) is 31.4 Å². The van der Waals surface area contributed by atoms with Crippen LogP contribution in [0, 0.1) is 0 Å². The van der Waals surface area contributed by atoms with E-state index in [1.807, 2.05) is 13.1 Å². The van der Waals surface area contributed by atoms with Gasteiger partial charge >= 0.3 is 0 Å². The van der Waals surface area contributed by atoms with Crippen LogP contribution in [0.4, 0.5) is 0 Å². The van der Waals surface area contributed by atoms with E-state index in [0.717, 1.165) is 18.6 Å². The minimum Gasteiger partial charge on any atom is -0.488 e. The van der Waals surface area contributed by atoms with E-state index in [4.69, 9.17) is 4.74 Å². The molecule has 0 aliphatic carbocycles. The van der Waals surface area contributed by atoms with Gasteiger partial charge in [-0.05, 0) is 19.5 Å². The molecule has 1 aliphatic heterocycles. The van der Waals surface area contributed by atoms with Crippen molar-refractivity contribution in [2.24, 2.45) is 0 Å². The molecule has 1 aromatic rings. The Bertz CT molecular complexity index is 311. The summed E-state index contributed by atoms with van der Waals surface area (Å²) in [5, 5.41) is 3.33. The first-order valence-corrected chi connectivity index (χ1v) is 5.29. The maximum Gasteiger partial charge on any atom is 0.124 e. The Labute approximate surface area is 85.3 Å². The molecule has 2 unspecified atom stereocenters. The number of rotatable bonds is 3. The van der Waals surface area contributed by atoms with E-state index in [1.165, 1.54) is 5.56 Å². The molecule has 0 radical (unpaired) electrons. The number of ether oxygens (including phenoxy) is 1. The molecule has 1 aliphatic rings. The van der Waals surface area contributed by atoms with Crippen molar-refractivity contribution < 1.29 is 4.74 Å². The van der Waals surface area contributed by atoms with Crippen molar-refractivity contribution in [3.05, 3.63) is 29.8 Å². The lowest BCUT2D eigenvalue weighted by Gasteiger charge is -2.17. The van der Waals surface area contributed by atoms with Gasteiger partial charge in [0, 0.05) is 5.56 Å². The molecule has 0 aromatic heterocycles. The highest BCUT2D eigenvalue weighted by atomic mass is 16.5. The van der Waals surface area contributed by atoms with Crippen LogP contribution in [-0.4, -0.2) is 13.2 Å². The SMILES string of the molecule is CCCC1Oc2ccccc2C1NC. The number of hydrogen-bond acceptors (Lipinski definition) is 2. The summed E-state index contributed by atoms with van der Waals surface area (Å²) in [4.78, 5) is 0. The van der Waals surface area contributed by atoms with Crippen LogP contribution >= 0.6 is 0 Å². The third-order valence-corrected chi connectivity index (χ3v) is 2.79. The molecule has 0 bridgehead atoms. The fourth-order valence-corrected chi connectivity index (χ4v) is 2.13. The number of hydrogen-bond donors (Lipinski definition) is 1. The van der Waals surface area contributed by atoms with Crippen LogP contribution < -0.4 is 10.1 Å². The zero-order valence-corrected chi connectivity index (χ0v) is 8.79. The van der Waals surface area contributed by atoms with Crippen LogP contribution in [0.15, 0.2) is 24.3 Å². The Morgan fingerprint density at radius 1 is 1.36 bits per heavy atom. The molecular weight excluding hydrogens is 174 g/mol. The molecule has 2 rings (SSSR count). The number of nitrogens with one attached hydrogen (secondary N) is 1. The molecule has 0 saturated carbocycles. The lowest BCUT2D eigenvalue weighted by molar-refractivity contribution is 0.182. The molecular formula is C12H17NO. The van der Waals surface area contributed by atoms with E-state index < -0.39 is 0 Å². The van der Waals surface area contributed by atoms with Gasteiger partial charge in [0.05, 0.1) is 6.04 Å². The van der Waals surface area contributed by atoms with Crippen LogP contribution in [-0.2, 0) is 0 Å². The lowest BCUT2D eigenvalue weighted by atomic mass is 10.0. The summed E-state index contributed by atoms with van der Waals surface area (Å²) in [5.41, 5.74) is 1.30. The Hall–Kier alpha value is -1.02. The van der Waals surface area contributed by atoms with Crippen molar-refractivity contribution in [3.63, 3.8) is 0 Å². The Morgan fingerprint density at radius 3 is 2.86 bits per heavy atom. The molecule has 1 heterocycles. The minimum absolute atomic E-state index is 0.308. The summed E-state index contributed by atoms with van der Waals surface area (Å²) in [6.07, 6.45) is 2.58. The fraction of sp³-hybridized carbons (Fsp3) is 0.500. The number of fused-ring (bicyclic) bond motifs is 1. The third-order valence-electron chi connectivity index (χ3n) is 2.79. The third kappa shape index (κ3) is 1.50. The highest BCUT2D eigenvalue weighted by Crippen LogP contribution is 2.37. The highest BCUT2D eigenvalue weighted by Gasteiger charge is 2.31. The lowest BCUT2D eigenvalue weighted by Crippen LogP contribution is -2.28. The van der Waals surface area contributed by atoms with Crippen LogP contribution in [0.2, 0.25) is 0 Å². The maximum atomic E-state index is 5.89. The molecule has 0 amide bonds. The second-order valence-electron chi connectivity index (χ2n) is 3.75. The maximum absolute atomic E-state index is 5.89. The van der Waals surface area contributed by atoms with E-state index in [-0.39, 0.29) is 0 Å². The molecule has 1 aromatic carbocycles. The molecule has 76 valence electrons. The van der Waals surface area contributed by atoms with Gasteiger partial charge in [0.2, 0.25) is 0 Å². The quantitative estimate of drug-likeness (QED) is 0.792. The normalized spacial score (nSPS) is 24.4. The number of para-hydroxylation sites is 1. The summed E-state index contributed by atoms with van der Waals surface area (Å²) in [6.45, 7) is 2.19. The predicted molar refractivity (Wildman–Crippen MR) is 57.6 cm³/mol. The minimum atomic E-state index is 0.308. The van der Waals surface area contributed by atoms with Gasteiger partial charge in [0.1, 0.15) is 11.9 Å². The molecule has 2 atom stereocenters. The Kier molecular flexibility index (Phi) is 2.73. The zero-order chi connectivity index (χ0) is 9.97. The topological polar surface area (TPSA) is 21.3 Å². The van der Waals surface area contributed by atoms with Gasteiger partial charge in [0.15, 0.2) is 0 Å². The van der Waals surface area contributed by atoms with Gasteiger partial charge in [-0.3, -0.25) is 0 Å². The van der Waals surface area contributed by atoms with E-state index in [2.05, 4.69) is 30.4 Å². The second-order valence-corrected chi connectivity index (χ2v) is 3.75. The van der Waals surface area contributed by atoms with Gasteiger partial charge in [-0.1, -0.05) is 31.5 Å². The molecule has 0 fully saturated rings. The highest BCUT2D eigenvalue weighted by molar-refractivity contribution is 5.40. The van der Waals surface area contributed by atoms with Gasteiger partial charge in [0.25, 0.3) is 0 Å². The van der Waals surface area contributed by atoms with Crippen molar-refractivity contribution in [3.8, 4) is 5.75 Å². The van der Waals surface area contributed by atoms with Crippen LogP contribution in [0.3, 0.4) is 0 Å². The van der Waals surface area contributed by atoms with Gasteiger partial charge in [-0.2, -0.15) is 0 Å². The molecule has 0 saturated heterocycles. The molecule has 2 heteroatoms. The standard InChI is InChI=1S/C12H17NO/c1-3-6-11-12(13-2)9-7-4-5-8-10(9)14-11/h4-5,7-8,11-13H,3,6H2,1-2H3. The summed E-state index contributed by atoms with van der Waals surface area (Å²) >= 11 is 0. The van der Waals surface area contributed by atoms with Gasteiger partial charge in [-0.25, -0.2) is 0 Å². The smallest absolute Gasteiger partial charge is 0.124 e. The van der Waals surface area contributed by atoms with Gasteiger partial charge in [-0.15, -0.1) is 0 Å². The number of likely N-dealkylation sites (N-methyl/N-ethyl adjacent to an activating group) is 1. The molecule has 14 heavy (non-hydrogen) atoms. The summed E-state index contributed by atoms with van der Waals surface area (Å²) in [5.74, 6) is 1.05. The summed E-state index contributed by atoms with van der Waals surface area (Å²) < 4.78 is 5.89. The van der Waals surface area contributed by atoms with E-state index in [1.54, 1.807) is 0 Å². The first-order chi connectivity index (χ1) is 6.86. The molecule has 0 spiro atoms. The zero-order valence-electron chi connectivity index (χ0n) is 8.79. The number of benzene rings is 1. The van der Waals surface area contributed by atoms with Crippen molar-refractivity contribution in [2.75, 3.05) is 7.05 Å². The van der Waals surface area contributed by atoms with Crippen molar-refractivity contribution in [2.45, 2.75) is 31.9 Å². The Morgan fingerprint density at radius 2 is 2.14 bits per heavy atom. The van der Waals surface area contributed by atoms with Crippen molar-refractivity contribution in [1.82, 2.24) is 5.32 Å². The van der Waals surface area contributed by atoms with E-state index in [0.29, 0.717) is 12.1 Å². The monoisotopic (exact) mass is 191 g/mol. The Balaban J connectivity index is 2.24. The first kappa shape index (κ1) is 9.53. The van der Waals surface area contributed by atoms with E-state index >= 15 is 0 Å². The van der Waals surface area contributed by atoms with Gasteiger partial charge < -0.3 is 10.1 Å². The van der Waals surface area contributed by atoms with E-state index in [9.17, 15) is 0 Å². The second kappa shape index (κ2) is 4.01. The van der Waals surface area contributed by atoms with Crippen molar-refractivity contribution in [1.29, 1.82) is 0 Å². The van der Waals surface area contributed by atoms with Crippen LogP contribution in [0.25, 0.3) is 0 Å². The summed E-state index contributed by atoms with van der Waals surface area (Å²) in [6, 6.07) is 8.66. The predicted octanol–water partition coefficient (Wildman–Crippen LogP) is 2.51. The van der Waals surface area contributed by atoms with Crippen LogP contribution in [0.5, 0.6) is 5.75 Å². The molecule has 1 N–H and O–H groups in total. The average molecular weight is 191 g/mol. The molecule has 2 nitrogen and oxygen atoms in total. The van der Waals surface area contributed by atoms with Crippen molar-refractivity contribution >= 4 is 0 Å².